The number of phenolic OH excluding ortho intramolecular Hbond substituents is 1. The lowest BCUT2D eigenvalue weighted by Gasteiger charge is -2.46. The average molecular weight is 547 g/mol. The predicted molar refractivity (Wildman–Crippen MR) is 142 cm³/mol. The van der Waals surface area contributed by atoms with Crippen LogP contribution in [0.3, 0.4) is 0 Å². The second kappa shape index (κ2) is 10.6. The summed E-state index contributed by atoms with van der Waals surface area (Å²) in [6.07, 6.45) is -1.05. The Morgan fingerprint density at radius 3 is 2.15 bits per heavy atom. The van der Waals surface area contributed by atoms with Gasteiger partial charge in [-0.1, -0.05) is 42.5 Å². The van der Waals surface area contributed by atoms with Crippen LogP contribution in [0.4, 0.5) is 10.1 Å². The van der Waals surface area contributed by atoms with Crippen LogP contribution in [0.1, 0.15) is 22.0 Å². The standard InChI is InChI=1S/C29H23FNO7P/c30-21-11-6-19(7-12-21)26(33)17-38-28-27(31(29(28)34)22-4-2-1-3-5-22)24-15-10-20(16-25(24)32)18-8-13-23(14-9-18)39(35,36)37/h1-16,27-28,32H,17H2,(H2,35,36,37). The summed E-state index contributed by atoms with van der Waals surface area (Å²) < 4.78 is 30.4. The third kappa shape index (κ3) is 5.39. The van der Waals surface area contributed by atoms with Gasteiger partial charge in [-0.25, -0.2) is 4.39 Å². The van der Waals surface area contributed by atoms with E-state index in [0.29, 0.717) is 22.4 Å². The van der Waals surface area contributed by atoms with Crippen LogP contribution in [0, 0.1) is 5.82 Å². The molecule has 8 nitrogen and oxygen atoms in total. The molecule has 3 N–H and O–H groups in total. The third-order valence-corrected chi connectivity index (χ3v) is 7.50. The fourth-order valence-electron chi connectivity index (χ4n) is 4.51. The monoisotopic (exact) mass is 547 g/mol. The van der Waals surface area contributed by atoms with E-state index >= 15 is 0 Å². The van der Waals surface area contributed by atoms with Crippen LogP contribution in [0.5, 0.6) is 5.75 Å². The molecule has 0 saturated carbocycles. The maximum absolute atomic E-state index is 13.2. The van der Waals surface area contributed by atoms with Gasteiger partial charge in [0.15, 0.2) is 11.9 Å². The van der Waals surface area contributed by atoms with Gasteiger partial charge in [-0.05, 0) is 65.7 Å². The van der Waals surface area contributed by atoms with E-state index in [-0.39, 0.29) is 22.5 Å². The molecule has 1 aliphatic heterocycles. The van der Waals surface area contributed by atoms with Gasteiger partial charge >= 0.3 is 7.60 Å². The van der Waals surface area contributed by atoms with Gasteiger partial charge in [0.25, 0.3) is 5.91 Å². The van der Waals surface area contributed by atoms with E-state index in [1.54, 1.807) is 48.5 Å². The Labute approximate surface area is 223 Å². The molecule has 1 aliphatic rings. The van der Waals surface area contributed by atoms with Gasteiger partial charge in [0.05, 0.1) is 5.30 Å². The van der Waals surface area contributed by atoms with Crippen molar-refractivity contribution >= 4 is 30.3 Å². The van der Waals surface area contributed by atoms with Crippen LogP contribution >= 0.6 is 7.60 Å². The maximum atomic E-state index is 13.2. The first-order chi connectivity index (χ1) is 18.6. The molecule has 198 valence electrons. The smallest absolute Gasteiger partial charge is 0.356 e. The molecular weight excluding hydrogens is 524 g/mol. The number of Topliss-reactive ketones (excluding diaryl/α,β-unsaturated/α-hetero) is 1. The molecule has 2 unspecified atom stereocenters. The topological polar surface area (TPSA) is 124 Å². The van der Waals surface area contributed by atoms with Crippen molar-refractivity contribution in [2.24, 2.45) is 0 Å². The summed E-state index contributed by atoms with van der Waals surface area (Å²) in [4.78, 5) is 45.9. The number of carbonyl (C=O) groups is 2. The van der Waals surface area contributed by atoms with Crippen molar-refractivity contribution in [2.75, 3.05) is 11.5 Å². The van der Waals surface area contributed by atoms with E-state index in [9.17, 15) is 33.4 Å². The van der Waals surface area contributed by atoms with Crippen molar-refractivity contribution in [3.05, 3.63) is 114 Å². The molecule has 39 heavy (non-hydrogen) atoms. The van der Waals surface area contributed by atoms with Gasteiger partial charge in [0.2, 0.25) is 0 Å². The predicted octanol–water partition coefficient (Wildman–Crippen LogP) is 4.36. The average Bonchev–Trinajstić information content (AvgIpc) is 2.92. The van der Waals surface area contributed by atoms with E-state index in [0.717, 1.165) is 0 Å². The SMILES string of the molecule is O=C(COC1C(=O)N(c2ccccc2)C1c1ccc(-c2ccc(P(=O)(O)O)cc2)cc1O)c1ccc(F)cc1. The molecule has 1 heterocycles. The number of phenols is 1. The molecule has 1 fully saturated rings. The lowest BCUT2D eigenvalue weighted by atomic mass is 9.88. The molecule has 0 radical (unpaired) electrons. The quantitative estimate of drug-likeness (QED) is 0.170. The number of benzene rings is 4. The van der Waals surface area contributed by atoms with Crippen LogP contribution < -0.4 is 10.2 Å². The summed E-state index contributed by atoms with van der Waals surface area (Å²) in [5.41, 5.74) is 2.45. The lowest BCUT2D eigenvalue weighted by molar-refractivity contribution is -0.141. The fourth-order valence-corrected chi connectivity index (χ4v) is 5.05. The molecule has 0 spiro atoms. The van der Waals surface area contributed by atoms with E-state index in [4.69, 9.17) is 4.74 Å². The third-order valence-electron chi connectivity index (χ3n) is 6.53. The first-order valence-corrected chi connectivity index (χ1v) is 13.5. The molecule has 1 saturated heterocycles. The Hall–Kier alpha value is -4.14. The number of amides is 1. The number of hydrogen-bond donors (Lipinski definition) is 3. The number of anilines is 1. The number of ketones is 1. The van der Waals surface area contributed by atoms with Crippen LogP contribution in [0.25, 0.3) is 11.1 Å². The maximum Gasteiger partial charge on any atom is 0.356 e. The number of nitrogens with zero attached hydrogens (tertiary/aromatic N) is 1. The largest absolute Gasteiger partial charge is 0.508 e. The zero-order valence-corrected chi connectivity index (χ0v) is 21.2. The van der Waals surface area contributed by atoms with Crippen molar-refractivity contribution < 1.29 is 38.2 Å². The number of β-lactam (4-membered cyclic amide) rings is 1. The van der Waals surface area contributed by atoms with E-state index < -0.39 is 37.9 Å². The Morgan fingerprint density at radius 1 is 0.897 bits per heavy atom. The molecule has 4 aromatic rings. The van der Waals surface area contributed by atoms with Crippen LogP contribution in [0.2, 0.25) is 0 Å². The van der Waals surface area contributed by atoms with Crippen molar-refractivity contribution in [2.45, 2.75) is 12.1 Å². The van der Waals surface area contributed by atoms with Gasteiger partial charge in [0.1, 0.15) is 24.2 Å². The van der Waals surface area contributed by atoms with Gasteiger partial charge in [-0.3, -0.25) is 19.1 Å². The van der Waals surface area contributed by atoms with E-state index in [1.807, 2.05) is 6.07 Å². The van der Waals surface area contributed by atoms with Gasteiger partial charge in [-0.15, -0.1) is 0 Å². The number of halogens is 1. The number of hydrogen-bond acceptors (Lipinski definition) is 5. The van der Waals surface area contributed by atoms with Crippen molar-refractivity contribution in [3.63, 3.8) is 0 Å². The number of carbonyl (C=O) groups excluding carboxylic acids is 2. The van der Waals surface area contributed by atoms with Gasteiger partial charge < -0.3 is 19.6 Å². The minimum absolute atomic E-state index is 0.117. The molecule has 4 aromatic carbocycles. The Morgan fingerprint density at radius 2 is 1.54 bits per heavy atom. The Kier molecular flexibility index (Phi) is 7.16. The molecule has 0 bridgehead atoms. The normalized spacial score (nSPS) is 17.1. The lowest BCUT2D eigenvalue weighted by Crippen LogP contribution is -2.60. The molecule has 2 atom stereocenters. The minimum Gasteiger partial charge on any atom is -0.508 e. The van der Waals surface area contributed by atoms with Crippen LogP contribution in [-0.2, 0) is 14.1 Å². The fraction of sp³-hybridized carbons (Fsp3) is 0.103. The highest BCUT2D eigenvalue weighted by Crippen LogP contribution is 2.44. The first-order valence-electron chi connectivity index (χ1n) is 11.9. The second-order valence-electron chi connectivity index (χ2n) is 9.01. The number of aromatic hydroxyl groups is 1. The van der Waals surface area contributed by atoms with E-state index in [1.165, 1.54) is 47.4 Å². The highest BCUT2D eigenvalue weighted by molar-refractivity contribution is 7.60. The highest BCUT2D eigenvalue weighted by atomic mass is 31.2. The summed E-state index contributed by atoms with van der Waals surface area (Å²) in [6, 6.07) is 23.7. The summed E-state index contributed by atoms with van der Waals surface area (Å²) >= 11 is 0. The Balaban J connectivity index is 1.42. The highest BCUT2D eigenvalue weighted by Gasteiger charge is 2.51. The second-order valence-corrected chi connectivity index (χ2v) is 10.6. The van der Waals surface area contributed by atoms with Gasteiger partial charge in [-0.2, -0.15) is 0 Å². The van der Waals surface area contributed by atoms with Crippen molar-refractivity contribution in [1.29, 1.82) is 0 Å². The summed E-state index contributed by atoms with van der Waals surface area (Å²) in [6.45, 7) is -0.411. The minimum atomic E-state index is -4.38. The Bertz CT molecular complexity index is 1570. The molecule has 10 heteroatoms. The molecule has 0 aromatic heterocycles. The van der Waals surface area contributed by atoms with E-state index in [2.05, 4.69) is 0 Å². The molecule has 5 rings (SSSR count). The van der Waals surface area contributed by atoms with Crippen LogP contribution in [-0.4, -0.2) is 39.3 Å². The summed E-state index contributed by atoms with van der Waals surface area (Å²) in [5, 5.41) is 10.9. The first kappa shape index (κ1) is 26.5. The van der Waals surface area contributed by atoms with Gasteiger partial charge in [0, 0.05) is 16.8 Å². The van der Waals surface area contributed by atoms with Crippen molar-refractivity contribution in [3.8, 4) is 16.9 Å². The van der Waals surface area contributed by atoms with Crippen molar-refractivity contribution in [1.82, 2.24) is 0 Å². The zero-order chi connectivity index (χ0) is 27.7. The molecule has 1 amide bonds. The number of para-hydroxylation sites is 1. The molecule has 0 aliphatic carbocycles. The van der Waals surface area contributed by atoms with Crippen LogP contribution in [0.15, 0.2) is 97.1 Å². The number of ether oxygens (including phenoxy) is 1. The number of rotatable bonds is 8. The zero-order valence-electron chi connectivity index (χ0n) is 20.3. The molecular formula is C29H23FNO7P. The summed E-state index contributed by atoms with van der Waals surface area (Å²) in [7, 11) is -4.38. The summed E-state index contributed by atoms with van der Waals surface area (Å²) in [5.74, 6) is -1.40.